The lowest BCUT2D eigenvalue weighted by atomic mass is 10.0. The van der Waals surface area contributed by atoms with Crippen molar-refractivity contribution in [2.75, 3.05) is 19.8 Å². The summed E-state index contributed by atoms with van der Waals surface area (Å²) in [7, 11) is -2.58. The average Bonchev–Trinajstić information content (AvgIpc) is 2.40. The van der Waals surface area contributed by atoms with Gasteiger partial charge in [0, 0.05) is 25.9 Å². The fourth-order valence-electron chi connectivity index (χ4n) is 2.21. The summed E-state index contributed by atoms with van der Waals surface area (Å²) in [5.74, 6) is 0.553. The van der Waals surface area contributed by atoms with Crippen LogP contribution in [-0.2, 0) is 19.3 Å². The second-order valence-corrected chi connectivity index (χ2v) is 7.64. The zero-order valence-corrected chi connectivity index (χ0v) is 14.4. The summed E-state index contributed by atoms with van der Waals surface area (Å²) in [5.41, 5.74) is 2.57. The van der Waals surface area contributed by atoms with Crippen LogP contribution in [0.15, 0.2) is 24.3 Å². The molecule has 0 radical (unpaired) electrons. The highest BCUT2D eigenvalue weighted by atomic mass is 28.4. The fraction of sp³-hybridized carbons (Fsp3) is 0.625. The largest absolute Gasteiger partial charge is 0.505 e. The van der Waals surface area contributed by atoms with Crippen molar-refractivity contribution >= 4 is 8.80 Å². The molecule has 0 saturated heterocycles. The van der Waals surface area contributed by atoms with Crippen LogP contribution in [0.3, 0.4) is 0 Å². The Bertz CT molecular complexity index is 359. The van der Waals surface area contributed by atoms with Crippen molar-refractivity contribution in [3.63, 3.8) is 0 Å². The third-order valence-electron chi connectivity index (χ3n) is 3.16. The van der Waals surface area contributed by atoms with Gasteiger partial charge in [-0.05, 0) is 37.8 Å². The van der Waals surface area contributed by atoms with E-state index in [1.807, 2.05) is 20.8 Å². The minimum atomic E-state index is -2.58. The summed E-state index contributed by atoms with van der Waals surface area (Å²) in [4.78, 5) is 0. The van der Waals surface area contributed by atoms with Crippen LogP contribution in [0.5, 0.6) is 0 Å². The maximum Gasteiger partial charge on any atom is 0.505 e. The van der Waals surface area contributed by atoms with Crippen LogP contribution in [0.25, 0.3) is 0 Å². The predicted octanol–water partition coefficient (Wildman–Crippen LogP) is 3.94. The van der Waals surface area contributed by atoms with Crippen molar-refractivity contribution in [1.82, 2.24) is 0 Å². The quantitative estimate of drug-likeness (QED) is 0.646. The van der Waals surface area contributed by atoms with Crippen molar-refractivity contribution in [1.29, 1.82) is 0 Å². The zero-order chi connectivity index (χ0) is 15.0. The second-order valence-electron chi connectivity index (χ2n) is 5.06. The second kappa shape index (κ2) is 8.57. The lowest BCUT2D eigenvalue weighted by Crippen LogP contribution is -2.48. The van der Waals surface area contributed by atoms with Gasteiger partial charge in [0.1, 0.15) is 0 Å². The molecule has 0 atom stereocenters. The predicted molar refractivity (Wildman–Crippen MR) is 84.9 cm³/mol. The number of benzene rings is 1. The van der Waals surface area contributed by atoms with E-state index in [1.54, 1.807) is 0 Å². The van der Waals surface area contributed by atoms with E-state index < -0.39 is 8.80 Å². The van der Waals surface area contributed by atoms with E-state index in [1.165, 1.54) is 11.1 Å². The van der Waals surface area contributed by atoms with E-state index in [4.69, 9.17) is 13.3 Å². The highest BCUT2D eigenvalue weighted by molar-refractivity contribution is 6.60. The first kappa shape index (κ1) is 17.4. The summed E-state index contributed by atoms with van der Waals surface area (Å²) in [6, 6.07) is 9.43. The molecule has 114 valence electrons. The van der Waals surface area contributed by atoms with Crippen LogP contribution in [0, 0.1) is 0 Å². The van der Waals surface area contributed by atoms with E-state index in [0.29, 0.717) is 25.7 Å². The summed E-state index contributed by atoms with van der Waals surface area (Å²) >= 11 is 0. The molecule has 0 aliphatic rings. The summed E-state index contributed by atoms with van der Waals surface area (Å²) < 4.78 is 17.7. The monoisotopic (exact) mass is 296 g/mol. The Kier molecular flexibility index (Phi) is 7.44. The molecule has 0 unspecified atom stereocenters. The SMILES string of the molecule is CCO[Si](Cc1ccc(C(C)C)cc1)(OCC)OCC. The minimum absolute atomic E-state index is 0.553. The van der Waals surface area contributed by atoms with Gasteiger partial charge >= 0.3 is 8.80 Å². The first-order chi connectivity index (χ1) is 9.56. The van der Waals surface area contributed by atoms with Crippen molar-refractivity contribution < 1.29 is 13.3 Å². The molecule has 0 amide bonds. The van der Waals surface area contributed by atoms with Crippen molar-refractivity contribution in [2.45, 2.75) is 46.6 Å². The van der Waals surface area contributed by atoms with Crippen LogP contribution < -0.4 is 0 Å². The van der Waals surface area contributed by atoms with Gasteiger partial charge in [0.15, 0.2) is 0 Å². The van der Waals surface area contributed by atoms with Crippen LogP contribution in [0.2, 0.25) is 0 Å². The highest BCUT2D eigenvalue weighted by Crippen LogP contribution is 2.20. The molecule has 0 spiro atoms. The molecule has 1 aromatic carbocycles. The van der Waals surface area contributed by atoms with E-state index in [9.17, 15) is 0 Å². The molecular formula is C16H28O3Si. The van der Waals surface area contributed by atoms with Gasteiger partial charge in [0.25, 0.3) is 0 Å². The number of hydrogen-bond donors (Lipinski definition) is 0. The topological polar surface area (TPSA) is 27.7 Å². The Morgan fingerprint density at radius 2 is 1.30 bits per heavy atom. The molecule has 0 N–H and O–H groups in total. The van der Waals surface area contributed by atoms with Gasteiger partial charge < -0.3 is 13.3 Å². The van der Waals surface area contributed by atoms with Gasteiger partial charge in [-0.15, -0.1) is 0 Å². The summed E-state index contributed by atoms with van der Waals surface area (Å²) in [6.45, 7) is 12.2. The Morgan fingerprint density at radius 1 is 0.850 bits per heavy atom. The average molecular weight is 296 g/mol. The van der Waals surface area contributed by atoms with Crippen molar-refractivity contribution in [3.8, 4) is 0 Å². The van der Waals surface area contributed by atoms with Gasteiger partial charge in [0.05, 0.1) is 0 Å². The van der Waals surface area contributed by atoms with Crippen LogP contribution in [0.1, 0.15) is 51.7 Å². The Balaban J connectivity index is 2.86. The molecule has 3 nitrogen and oxygen atoms in total. The van der Waals surface area contributed by atoms with Gasteiger partial charge in [-0.25, -0.2) is 0 Å². The Labute approximate surface area is 124 Å². The molecule has 0 saturated carbocycles. The molecule has 0 aliphatic carbocycles. The molecule has 4 heteroatoms. The molecule has 0 fully saturated rings. The first-order valence-electron chi connectivity index (χ1n) is 7.57. The lowest BCUT2D eigenvalue weighted by molar-refractivity contribution is 0.0704. The zero-order valence-electron chi connectivity index (χ0n) is 13.4. The van der Waals surface area contributed by atoms with E-state index in [-0.39, 0.29) is 0 Å². The highest BCUT2D eigenvalue weighted by Gasteiger charge is 2.40. The maximum absolute atomic E-state index is 5.89. The molecule has 0 bridgehead atoms. The number of rotatable bonds is 9. The first-order valence-corrected chi connectivity index (χ1v) is 9.50. The molecular weight excluding hydrogens is 268 g/mol. The summed E-state index contributed by atoms with van der Waals surface area (Å²) in [5, 5.41) is 0. The molecule has 0 heterocycles. The lowest BCUT2D eigenvalue weighted by Gasteiger charge is -2.28. The van der Waals surface area contributed by atoms with Gasteiger partial charge in [-0.3, -0.25) is 0 Å². The third kappa shape index (κ3) is 5.02. The van der Waals surface area contributed by atoms with Crippen molar-refractivity contribution in [3.05, 3.63) is 35.4 Å². The smallest absolute Gasteiger partial charge is 0.374 e. The number of hydrogen-bond acceptors (Lipinski definition) is 3. The van der Waals surface area contributed by atoms with E-state index in [0.717, 1.165) is 6.04 Å². The van der Waals surface area contributed by atoms with Gasteiger partial charge in [-0.2, -0.15) is 0 Å². The Morgan fingerprint density at radius 3 is 1.65 bits per heavy atom. The molecule has 1 rings (SSSR count). The molecule has 20 heavy (non-hydrogen) atoms. The Hall–Kier alpha value is -0.683. The minimum Gasteiger partial charge on any atom is -0.374 e. The molecule has 0 aromatic heterocycles. The van der Waals surface area contributed by atoms with Gasteiger partial charge in [0.2, 0.25) is 0 Å². The third-order valence-corrected chi connectivity index (χ3v) is 6.19. The van der Waals surface area contributed by atoms with Crippen molar-refractivity contribution in [2.24, 2.45) is 0 Å². The summed E-state index contributed by atoms with van der Waals surface area (Å²) in [6.07, 6.45) is 0. The van der Waals surface area contributed by atoms with Gasteiger partial charge in [-0.1, -0.05) is 38.1 Å². The fourth-order valence-corrected chi connectivity index (χ4v) is 4.82. The van der Waals surface area contributed by atoms with E-state index in [2.05, 4.69) is 38.1 Å². The van der Waals surface area contributed by atoms with Crippen LogP contribution in [0.4, 0.5) is 0 Å². The van der Waals surface area contributed by atoms with Crippen LogP contribution in [-0.4, -0.2) is 28.6 Å². The standard InChI is InChI=1S/C16H28O3Si/c1-6-17-20(18-7-2,19-8-3)13-15-9-11-16(12-10-15)14(4)5/h9-12,14H,6-8,13H2,1-5H3. The maximum atomic E-state index is 5.89. The van der Waals surface area contributed by atoms with E-state index >= 15 is 0 Å². The molecule has 0 aliphatic heterocycles. The van der Waals surface area contributed by atoms with Crippen LogP contribution >= 0.6 is 0 Å². The normalized spacial score (nSPS) is 12.1. The molecule has 1 aromatic rings.